The number of carbonyl (C=O) groups is 1. The van der Waals surface area contributed by atoms with Crippen LogP contribution in [0.2, 0.25) is 0 Å². The van der Waals surface area contributed by atoms with Gasteiger partial charge in [0.2, 0.25) is 15.9 Å². The summed E-state index contributed by atoms with van der Waals surface area (Å²) in [5.74, 6) is -2.05. The fourth-order valence-corrected chi connectivity index (χ4v) is 3.67. The van der Waals surface area contributed by atoms with Gasteiger partial charge in [-0.25, -0.2) is 17.2 Å². The van der Waals surface area contributed by atoms with Gasteiger partial charge in [0.1, 0.15) is 11.8 Å². The number of rotatable bonds is 8. The Balaban J connectivity index is 2.04. The zero-order valence-electron chi connectivity index (χ0n) is 14.4. The lowest BCUT2D eigenvalue weighted by molar-refractivity contribution is -0.121. The highest BCUT2D eigenvalue weighted by Gasteiger charge is 2.29. The van der Waals surface area contributed by atoms with Crippen molar-refractivity contribution in [2.45, 2.75) is 25.8 Å². The number of sulfonamides is 1. The number of carbonyl (C=O) groups excluding carboxylic acids is 1. The van der Waals surface area contributed by atoms with Crippen LogP contribution >= 0.6 is 0 Å². The van der Waals surface area contributed by atoms with Gasteiger partial charge >= 0.3 is 0 Å². The van der Waals surface area contributed by atoms with Gasteiger partial charge in [0.05, 0.1) is 18.2 Å². The van der Waals surface area contributed by atoms with Crippen LogP contribution in [0.15, 0.2) is 41.0 Å². The molecule has 0 saturated heterocycles. The van der Waals surface area contributed by atoms with Crippen LogP contribution in [-0.4, -0.2) is 33.2 Å². The normalized spacial score (nSPS) is 12.6. The van der Waals surface area contributed by atoms with Gasteiger partial charge in [-0.3, -0.25) is 9.10 Å². The van der Waals surface area contributed by atoms with E-state index in [2.05, 4.69) is 5.32 Å². The van der Waals surface area contributed by atoms with Crippen LogP contribution in [0.3, 0.4) is 0 Å². The van der Waals surface area contributed by atoms with E-state index >= 15 is 0 Å². The van der Waals surface area contributed by atoms with E-state index in [9.17, 15) is 22.0 Å². The van der Waals surface area contributed by atoms with E-state index in [1.54, 1.807) is 12.3 Å². The van der Waals surface area contributed by atoms with Gasteiger partial charge in [0, 0.05) is 19.0 Å². The van der Waals surface area contributed by atoms with Crippen LogP contribution in [-0.2, 0) is 21.2 Å². The molecule has 0 aliphatic heterocycles. The van der Waals surface area contributed by atoms with Crippen molar-refractivity contribution in [3.8, 4) is 0 Å². The molecule has 0 bridgehead atoms. The minimum Gasteiger partial charge on any atom is -0.469 e. The standard InChI is InChI=1S/C17H20F2N2O4S/c1-12(17(22)20-9-3-5-14-6-4-10-25-14)21(26(2,23)24)13-7-8-15(18)16(19)11-13/h4,6-8,10-12H,3,5,9H2,1-2H3,(H,20,22)/t12-/m0/s1. The molecule has 26 heavy (non-hydrogen) atoms. The molecule has 1 atom stereocenters. The fourth-order valence-electron chi connectivity index (χ4n) is 2.51. The Morgan fingerprint density at radius 2 is 2.00 bits per heavy atom. The fraction of sp³-hybridized carbons (Fsp3) is 0.353. The van der Waals surface area contributed by atoms with Gasteiger partial charge in [-0.15, -0.1) is 0 Å². The second-order valence-corrected chi connectivity index (χ2v) is 7.67. The van der Waals surface area contributed by atoms with Crippen molar-refractivity contribution in [2.75, 3.05) is 17.1 Å². The van der Waals surface area contributed by atoms with E-state index in [4.69, 9.17) is 4.42 Å². The molecule has 0 unspecified atom stereocenters. The van der Waals surface area contributed by atoms with Gasteiger partial charge in [-0.05, 0) is 37.6 Å². The van der Waals surface area contributed by atoms with E-state index in [-0.39, 0.29) is 5.69 Å². The molecule has 0 aliphatic rings. The number of nitrogens with one attached hydrogen (secondary N) is 1. The largest absolute Gasteiger partial charge is 0.469 e. The maximum Gasteiger partial charge on any atom is 0.243 e. The Hall–Kier alpha value is -2.42. The molecule has 0 saturated carbocycles. The summed E-state index contributed by atoms with van der Waals surface area (Å²) in [6.45, 7) is 1.70. The summed E-state index contributed by atoms with van der Waals surface area (Å²) in [5.41, 5.74) is -0.121. The predicted molar refractivity (Wildman–Crippen MR) is 93.2 cm³/mol. The number of aryl methyl sites for hydroxylation is 1. The van der Waals surface area contributed by atoms with E-state index in [1.807, 2.05) is 6.07 Å². The number of furan rings is 1. The lowest BCUT2D eigenvalue weighted by Crippen LogP contribution is -2.48. The Morgan fingerprint density at radius 1 is 1.27 bits per heavy atom. The molecule has 142 valence electrons. The summed E-state index contributed by atoms with van der Waals surface area (Å²) in [6, 6.07) is 5.13. The summed E-state index contributed by atoms with van der Waals surface area (Å²) < 4.78 is 56.7. The number of benzene rings is 1. The molecule has 0 spiro atoms. The minimum absolute atomic E-state index is 0.121. The summed E-state index contributed by atoms with van der Waals surface area (Å²) in [6.07, 6.45) is 3.69. The Labute approximate surface area is 150 Å². The number of nitrogens with zero attached hydrogens (tertiary/aromatic N) is 1. The van der Waals surface area contributed by atoms with Gasteiger partial charge in [0.15, 0.2) is 11.6 Å². The topological polar surface area (TPSA) is 79.6 Å². The summed E-state index contributed by atoms with van der Waals surface area (Å²) >= 11 is 0. The van der Waals surface area contributed by atoms with Crippen molar-refractivity contribution in [2.24, 2.45) is 0 Å². The molecule has 9 heteroatoms. The molecule has 1 amide bonds. The first-order valence-electron chi connectivity index (χ1n) is 7.94. The Kier molecular flexibility index (Phi) is 6.36. The van der Waals surface area contributed by atoms with E-state index in [1.165, 1.54) is 6.92 Å². The van der Waals surface area contributed by atoms with Crippen molar-refractivity contribution in [1.82, 2.24) is 5.32 Å². The first-order chi connectivity index (χ1) is 12.2. The average Bonchev–Trinajstić information content (AvgIpc) is 3.07. The highest BCUT2D eigenvalue weighted by molar-refractivity contribution is 7.92. The second kappa shape index (κ2) is 8.31. The zero-order valence-corrected chi connectivity index (χ0v) is 15.2. The van der Waals surface area contributed by atoms with Crippen LogP contribution in [0.1, 0.15) is 19.1 Å². The Morgan fingerprint density at radius 3 is 2.58 bits per heavy atom. The third kappa shape index (κ3) is 5.04. The van der Waals surface area contributed by atoms with Crippen molar-refractivity contribution >= 4 is 21.6 Å². The molecular weight excluding hydrogens is 366 g/mol. The molecule has 6 nitrogen and oxygen atoms in total. The number of halogens is 2. The molecule has 2 aromatic rings. The van der Waals surface area contributed by atoms with Gasteiger partial charge in [0.25, 0.3) is 0 Å². The molecule has 0 aliphatic carbocycles. The molecule has 0 fully saturated rings. The Bertz CT molecular complexity index is 854. The van der Waals surface area contributed by atoms with Gasteiger partial charge in [-0.1, -0.05) is 0 Å². The SMILES string of the molecule is C[C@@H](C(=O)NCCCc1ccco1)N(c1ccc(F)c(F)c1)S(C)(=O)=O. The van der Waals surface area contributed by atoms with Gasteiger partial charge in [-0.2, -0.15) is 0 Å². The molecule has 1 N–H and O–H groups in total. The molecular formula is C17H20F2N2O4S. The molecule has 2 rings (SSSR count). The monoisotopic (exact) mass is 386 g/mol. The summed E-state index contributed by atoms with van der Waals surface area (Å²) in [4.78, 5) is 12.3. The number of hydrogen-bond donors (Lipinski definition) is 1. The smallest absolute Gasteiger partial charge is 0.243 e. The van der Waals surface area contributed by atoms with Gasteiger partial charge < -0.3 is 9.73 Å². The van der Waals surface area contributed by atoms with E-state index in [0.717, 1.165) is 34.5 Å². The summed E-state index contributed by atoms with van der Waals surface area (Å²) in [5, 5.41) is 2.64. The van der Waals surface area contributed by atoms with Crippen molar-refractivity contribution in [1.29, 1.82) is 0 Å². The average molecular weight is 386 g/mol. The third-order valence-corrected chi connectivity index (χ3v) is 4.97. The van der Waals surface area contributed by atoms with Crippen LogP contribution in [0.4, 0.5) is 14.5 Å². The quantitative estimate of drug-likeness (QED) is 0.707. The van der Waals surface area contributed by atoms with Crippen LogP contribution in [0.5, 0.6) is 0 Å². The number of amides is 1. The third-order valence-electron chi connectivity index (χ3n) is 3.73. The minimum atomic E-state index is -3.89. The molecule has 0 radical (unpaired) electrons. The number of hydrogen-bond acceptors (Lipinski definition) is 4. The molecule has 1 aromatic carbocycles. The lowest BCUT2D eigenvalue weighted by Gasteiger charge is -2.28. The maximum absolute atomic E-state index is 13.5. The molecule has 1 aromatic heterocycles. The van der Waals surface area contributed by atoms with Crippen LogP contribution in [0, 0.1) is 11.6 Å². The van der Waals surface area contributed by atoms with Crippen LogP contribution in [0.25, 0.3) is 0 Å². The van der Waals surface area contributed by atoms with E-state index in [0.29, 0.717) is 19.4 Å². The highest BCUT2D eigenvalue weighted by atomic mass is 32.2. The first kappa shape index (κ1) is 19.9. The van der Waals surface area contributed by atoms with E-state index < -0.39 is 33.6 Å². The summed E-state index contributed by atoms with van der Waals surface area (Å²) in [7, 11) is -3.89. The van der Waals surface area contributed by atoms with Crippen molar-refractivity contribution in [3.63, 3.8) is 0 Å². The second-order valence-electron chi connectivity index (χ2n) is 5.81. The number of anilines is 1. The lowest BCUT2D eigenvalue weighted by atomic mass is 10.2. The predicted octanol–water partition coefficient (Wildman–Crippen LogP) is 2.46. The van der Waals surface area contributed by atoms with Crippen molar-refractivity contribution < 1.29 is 26.4 Å². The maximum atomic E-state index is 13.5. The zero-order chi connectivity index (χ0) is 19.3. The highest BCUT2D eigenvalue weighted by Crippen LogP contribution is 2.23. The van der Waals surface area contributed by atoms with Crippen LogP contribution < -0.4 is 9.62 Å². The van der Waals surface area contributed by atoms with Crippen molar-refractivity contribution in [3.05, 3.63) is 54.0 Å². The first-order valence-corrected chi connectivity index (χ1v) is 9.79. The molecule has 1 heterocycles.